The van der Waals surface area contributed by atoms with Gasteiger partial charge in [0, 0.05) is 37.0 Å². The first kappa shape index (κ1) is 22.8. The van der Waals surface area contributed by atoms with Crippen LogP contribution in [0.25, 0.3) is 11.4 Å². The summed E-state index contributed by atoms with van der Waals surface area (Å²) in [6.45, 7) is 5.21. The molecule has 162 valence electrons. The monoisotopic (exact) mass is 457 g/mol. The molecule has 1 N–H and O–H groups in total. The van der Waals surface area contributed by atoms with E-state index in [1.807, 2.05) is 43.7 Å². The molecule has 0 radical (unpaired) electrons. The fourth-order valence-corrected chi connectivity index (χ4v) is 3.97. The molecule has 0 spiro atoms. The number of aromatic nitrogens is 3. The SMILES string of the molecule is CCN(CC)C(=O)c1ccc(NC(=O)CSc2nnc(-c3ccccc3Cl)n2C)cc1. The van der Waals surface area contributed by atoms with Crippen LogP contribution in [0.15, 0.2) is 53.7 Å². The average molecular weight is 458 g/mol. The first-order valence-electron chi connectivity index (χ1n) is 9.90. The second-order valence-electron chi connectivity index (χ2n) is 6.74. The number of hydrogen-bond donors (Lipinski definition) is 1. The summed E-state index contributed by atoms with van der Waals surface area (Å²) in [7, 11) is 1.84. The highest BCUT2D eigenvalue weighted by atomic mass is 35.5. The number of thioether (sulfide) groups is 1. The molecular weight excluding hydrogens is 434 g/mol. The zero-order chi connectivity index (χ0) is 22.4. The quantitative estimate of drug-likeness (QED) is 0.509. The predicted octanol–water partition coefficient (Wildman–Crippen LogP) is 4.35. The van der Waals surface area contributed by atoms with Gasteiger partial charge < -0.3 is 14.8 Å². The molecule has 0 atom stereocenters. The molecule has 3 aromatic rings. The van der Waals surface area contributed by atoms with E-state index in [1.165, 1.54) is 11.8 Å². The van der Waals surface area contributed by atoms with E-state index in [4.69, 9.17) is 11.6 Å². The number of halogens is 1. The van der Waals surface area contributed by atoms with Crippen molar-refractivity contribution in [2.45, 2.75) is 19.0 Å². The van der Waals surface area contributed by atoms with Gasteiger partial charge in [-0.25, -0.2) is 0 Å². The molecule has 0 saturated heterocycles. The number of benzene rings is 2. The van der Waals surface area contributed by atoms with E-state index in [9.17, 15) is 9.59 Å². The van der Waals surface area contributed by atoms with Crippen LogP contribution in [0.4, 0.5) is 5.69 Å². The normalized spacial score (nSPS) is 10.7. The number of nitrogens with zero attached hydrogens (tertiary/aromatic N) is 4. The van der Waals surface area contributed by atoms with Crippen molar-refractivity contribution in [3.63, 3.8) is 0 Å². The Kier molecular flexibility index (Phi) is 7.70. The van der Waals surface area contributed by atoms with E-state index in [0.29, 0.717) is 40.3 Å². The maximum absolute atomic E-state index is 12.4. The molecule has 3 rings (SSSR count). The van der Waals surface area contributed by atoms with Gasteiger partial charge in [-0.15, -0.1) is 10.2 Å². The second-order valence-corrected chi connectivity index (χ2v) is 8.09. The van der Waals surface area contributed by atoms with Crippen molar-refractivity contribution in [2.24, 2.45) is 7.05 Å². The van der Waals surface area contributed by atoms with Crippen LogP contribution in [0.2, 0.25) is 5.02 Å². The van der Waals surface area contributed by atoms with Crippen molar-refractivity contribution in [1.82, 2.24) is 19.7 Å². The van der Waals surface area contributed by atoms with E-state index in [-0.39, 0.29) is 17.6 Å². The van der Waals surface area contributed by atoms with E-state index >= 15 is 0 Å². The Hall–Kier alpha value is -2.84. The highest BCUT2D eigenvalue weighted by Gasteiger charge is 2.15. The summed E-state index contributed by atoms with van der Waals surface area (Å²) in [5.74, 6) is 0.626. The maximum atomic E-state index is 12.4. The van der Waals surface area contributed by atoms with Crippen LogP contribution in [0, 0.1) is 0 Å². The van der Waals surface area contributed by atoms with Crippen molar-refractivity contribution >= 4 is 40.9 Å². The van der Waals surface area contributed by atoms with Crippen LogP contribution < -0.4 is 5.32 Å². The van der Waals surface area contributed by atoms with Crippen LogP contribution in [0.3, 0.4) is 0 Å². The molecule has 2 aromatic carbocycles. The number of rotatable bonds is 8. The summed E-state index contributed by atoms with van der Waals surface area (Å²) >= 11 is 7.53. The molecule has 2 amide bonds. The van der Waals surface area contributed by atoms with E-state index in [0.717, 1.165) is 5.56 Å². The Bertz CT molecular complexity index is 1060. The minimum Gasteiger partial charge on any atom is -0.339 e. The van der Waals surface area contributed by atoms with Crippen molar-refractivity contribution in [3.05, 3.63) is 59.1 Å². The first-order chi connectivity index (χ1) is 14.9. The number of nitrogens with one attached hydrogen (secondary N) is 1. The van der Waals surface area contributed by atoms with Gasteiger partial charge in [0.1, 0.15) is 0 Å². The van der Waals surface area contributed by atoms with E-state index < -0.39 is 0 Å². The largest absolute Gasteiger partial charge is 0.339 e. The van der Waals surface area contributed by atoms with Crippen molar-refractivity contribution in [1.29, 1.82) is 0 Å². The predicted molar refractivity (Wildman–Crippen MR) is 124 cm³/mol. The number of carbonyl (C=O) groups excluding carboxylic acids is 2. The summed E-state index contributed by atoms with van der Waals surface area (Å²) in [4.78, 5) is 26.5. The standard InChI is InChI=1S/C22H24ClN5O2S/c1-4-28(5-2)21(30)15-10-12-16(13-11-15)24-19(29)14-31-22-26-25-20(27(22)3)17-8-6-7-9-18(17)23/h6-13H,4-5,14H2,1-3H3,(H,24,29). The van der Waals surface area contributed by atoms with Crippen LogP contribution >= 0.6 is 23.4 Å². The zero-order valence-corrected chi connectivity index (χ0v) is 19.2. The molecule has 7 nitrogen and oxygen atoms in total. The zero-order valence-electron chi connectivity index (χ0n) is 17.6. The minimum atomic E-state index is -0.171. The minimum absolute atomic E-state index is 0.0185. The van der Waals surface area contributed by atoms with Crippen molar-refractivity contribution in [2.75, 3.05) is 24.2 Å². The van der Waals surface area contributed by atoms with Gasteiger partial charge in [0.2, 0.25) is 5.91 Å². The van der Waals surface area contributed by atoms with Crippen molar-refractivity contribution in [3.8, 4) is 11.4 Å². The molecule has 0 aliphatic carbocycles. The molecule has 0 saturated carbocycles. The topological polar surface area (TPSA) is 80.1 Å². The summed E-state index contributed by atoms with van der Waals surface area (Å²) in [6.07, 6.45) is 0. The van der Waals surface area contributed by atoms with E-state index in [2.05, 4.69) is 15.5 Å². The van der Waals surface area contributed by atoms with E-state index in [1.54, 1.807) is 35.2 Å². The lowest BCUT2D eigenvalue weighted by atomic mass is 10.2. The number of hydrogen-bond acceptors (Lipinski definition) is 5. The molecule has 0 aliphatic heterocycles. The maximum Gasteiger partial charge on any atom is 0.253 e. The van der Waals surface area contributed by atoms with Gasteiger partial charge in [-0.2, -0.15) is 0 Å². The second kappa shape index (κ2) is 10.5. The Morgan fingerprint density at radius 3 is 2.39 bits per heavy atom. The van der Waals surface area contributed by atoms with Crippen LogP contribution in [0.1, 0.15) is 24.2 Å². The molecule has 0 fully saturated rings. The highest BCUT2D eigenvalue weighted by Crippen LogP contribution is 2.28. The molecule has 0 bridgehead atoms. The van der Waals surface area contributed by atoms with Crippen LogP contribution in [-0.2, 0) is 11.8 Å². The van der Waals surface area contributed by atoms with Gasteiger partial charge in [-0.05, 0) is 50.2 Å². The summed E-state index contributed by atoms with van der Waals surface area (Å²) in [5.41, 5.74) is 2.02. The number of carbonyl (C=O) groups is 2. The third-order valence-electron chi connectivity index (χ3n) is 4.75. The lowest BCUT2D eigenvalue weighted by Crippen LogP contribution is -2.30. The van der Waals surface area contributed by atoms with Gasteiger partial charge in [0.25, 0.3) is 5.91 Å². The van der Waals surface area contributed by atoms with Gasteiger partial charge in [-0.1, -0.05) is 35.5 Å². The smallest absolute Gasteiger partial charge is 0.253 e. The third kappa shape index (κ3) is 5.45. The van der Waals surface area contributed by atoms with Crippen molar-refractivity contribution < 1.29 is 9.59 Å². The fraction of sp³-hybridized carbons (Fsp3) is 0.273. The Morgan fingerprint density at radius 1 is 1.06 bits per heavy atom. The number of anilines is 1. The summed E-state index contributed by atoms with van der Waals surface area (Å²) in [5, 5.41) is 12.4. The Morgan fingerprint density at radius 2 is 1.74 bits per heavy atom. The van der Waals surface area contributed by atoms with Gasteiger partial charge in [-0.3, -0.25) is 9.59 Å². The average Bonchev–Trinajstić information content (AvgIpc) is 3.14. The molecule has 0 aliphatic rings. The summed E-state index contributed by atoms with van der Waals surface area (Å²) in [6, 6.07) is 14.3. The molecule has 1 aromatic heterocycles. The van der Waals surface area contributed by atoms with Gasteiger partial charge in [0.15, 0.2) is 11.0 Å². The molecule has 31 heavy (non-hydrogen) atoms. The third-order valence-corrected chi connectivity index (χ3v) is 6.10. The molecule has 1 heterocycles. The molecule has 0 unspecified atom stereocenters. The lowest BCUT2D eigenvalue weighted by molar-refractivity contribution is -0.113. The Balaban J connectivity index is 1.59. The lowest BCUT2D eigenvalue weighted by Gasteiger charge is -2.18. The van der Waals surface area contributed by atoms with Gasteiger partial charge in [0.05, 0.1) is 10.8 Å². The van der Waals surface area contributed by atoms with Gasteiger partial charge >= 0.3 is 0 Å². The fourth-order valence-electron chi connectivity index (χ4n) is 3.03. The van der Waals surface area contributed by atoms with Crippen LogP contribution in [0.5, 0.6) is 0 Å². The first-order valence-corrected chi connectivity index (χ1v) is 11.3. The Labute approximate surface area is 190 Å². The summed E-state index contributed by atoms with van der Waals surface area (Å²) < 4.78 is 1.81. The number of amides is 2. The highest BCUT2D eigenvalue weighted by molar-refractivity contribution is 7.99. The van der Waals surface area contributed by atoms with Crippen LogP contribution in [-0.4, -0.2) is 50.3 Å². The molecular formula is C22H24ClN5O2S. The molecule has 9 heteroatoms.